The molecule has 0 saturated carbocycles. The molecule has 0 spiro atoms. The molecule has 0 radical (unpaired) electrons. The number of nitrogens with zero attached hydrogens (tertiary/aromatic N) is 2. The van der Waals surface area contributed by atoms with Gasteiger partial charge in [-0.25, -0.2) is 4.68 Å². The van der Waals surface area contributed by atoms with Gasteiger partial charge >= 0.3 is 0 Å². The first kappa shape index (κ1) is 14.6. The number of hydrogen-bond acceptors (Lipinski definition) is 3. The van der Waals surface area contributed by atoms with E-state index in [9.17, 15) is 0 Å². The van der Waals surface area contributed by atoms with Crippen LogP contribution in [0.3, 0.4) is 0 Å². The Kier molecular flexibility index (Phi) is 4.79. The van der Waals surface area contributed by atoms with Crippen molar-refractivity contribution in [2.45, 2.75) is 33.2 Å². The maximum absolute atomic E-state index is 5.45. The number of rotatable bonds is 6. The van der Waals surface area contributed by atoms with Crippen molar-refractivity contribution in [1.29, 1.82) is 0 Å². The van der Waals surface area contributed by atoms with Crippen LogP contribution >= 0.6 is 0 Å². The van der Waals surface area contributed by atoms with Crippen LogP contribution in [-0.2, 0) is 6.54 Å². The average molecular weight is 273 g/mol. The van der Waals surface area contributed by atoms with Crippen molar-refractivity contribution in [2.75, 3.05) is 13.7 Å². The third kappa shape index (κ3) is 2.85. The summed E-state index contributed by atoms with van der Waals surface area (Å²) in [7, 11) is 1.69. The van der Waals surface area contributed by atoms with Crippen LogP contribution in [-0.4, -0.2) is 23.4 Å². The van der Waals surface area contributed by atoms with Crippen LogP contribution in [0.25, 0.3) is 5.69 Å². The fourth-order valence-corrected chi connectivity index (χ4v) is 2.40. The molecule has 2 aromatic rings. The van der Waals surface area contributed by atoms with Crippen molar-refractivity contribution in [3.63, 3.8) is 0 Å². The van der Waals surface area contributed by atoms with Gasteiger partial charge in [-0.2, -0.15) is 5.10 Å². The number of para-hydroxylation sites is 2. The standard InChI is InChI=1S/C16H23N3O/c1-5-17-10-13-11-18-19(16(13)12(2)3)14-8-6-7-9-15(14)20-4/h6-9,11-12,17H,5,10H2,1-4H3. The van der Waals surface area contributed by atoms with E-state index in [0.29, 0.717) is 5.92 Å². The molecule has 1 N–H and O–H groups in total. The zero-order chi connectivity index (χ0) is 14.5. The molecule has 0 aliphatic heterocycles. The highest BCUT2D eigenvalue weighted by atomic mass is 16.5. The number of ether oxygens (including phenoxy) is 1. The Hall–Kier alpha value is -1.81. The summed E-state index contributed by atoms with van der Waals surface area (Å²) in [4.78, 5) is 0. The minimum Gasteiger partial charge on any atom is -0.494 e. The summed E-state index contributed by atoms with van der Waals surface area (Å²) in [6.07, 6.45) is 1.95. The summed E-state index contributed by atoms with van der Waals surface area (Å²) in [6, 6.07) is 7.98. The zero-order valence-electron chi connectivity index (χ0n) is 12.7. The molecule has 0 atom stereocenters. The van der Waals surface area contributed by atoms with Gasteiger partial charge in [-0.1, -0.05) is 32.9 Å². The summed E-state index contributed by atoms with van der Waals surface area (Å²) in [5.41, 5.74) is 3.46. The number of hydrogen-bond donors (Lipinski definition) is 1. The molecule has 0 aliphatic rings. The predicted molar refractivity (Wildman–Crippen MR) is 81.6 cm³/mol. The molecule has 0 amide bonds. The molecular weight excluding hydrogens is 250 g/mol. The van der Waals surface area contributed by atoms with Gasteiger partial charge in [-0.15, -0.1) is 0 Å². The van der Waals surface area contributed by atoms with E-state index in [1.54, 1.807) is 7.11 Å². The lowest BCUT2D eigenvalue weighted by Gasteiger charge is -2.15. The second-order valence-corrected chi connectivity index (χ2v) is 5.07. The average Bonchev–Trinajstić information content (AvgIpc) is 2.88. The molecule has 4 nitrogen and oxygen atoms in total. The van der Waals surface area contributed by atoms with Crippen molar-refractivity contribution in [2.24, 2.45) is 0 Å². The smallest absolute Gasteiger partial charge is 0.144 e. The van der Waals surface area contributed by atoms with Crippen LogP contribution < -0.4 is 10.1 Å². The minimum absolute atomic E-state index is 0.399. The third-order valence-corrected chi connectivity index (χ3v) is 3.31. The fraction of sp³-hybridized carbons (Fsp3) is 0.438. The van der Waals surface area contributed by atoms with Crippen molar-refractivity contribution in [1.82, 2.24) is 15.1 Å². The van der Waals surface area contributed by atoms with Crippen LogP contribution in [0.5, 0.6) is 5.75 Å². The normalized spacial score (nSPS) is 11.1. The monoisotopic (exact) mass is 273 g/mol. The van der Waals surface area contributed by atoms with Gasteiger partial charge in [0.2, 0.25) is 0 Å². The van der Waals surface area contributed by atoms with E-state index >= 15 is 0 Å². The van der Waals surface area contributed by atoms with E-state index in [1.807, 2.05) is 35.1 Å². The molecular formula is C16H23N3O. The fourth-order valence-electron chi connectivity index (χ4n) is 2.40. The first-order valence-corrected chi connectivity index (χ1v) is 7.09. The van der Waals surface area contributed by atoms with Gasteiger partial charge in [-0.3, -0.25) is 0 Å². The highest BCUT2D eigenvalue weighted by Gasteiger charge is 2.17. The molecule has 1 aromatic heterocycles. The van der Waals surface area contributed by atoms with E-state index in [2.05, 4.69) is 31.2 Å². The van der Waals surface area contributed by atoms with E-state index < -0.39 is 0 Å². The van der Waals surface area contributed by atoms with Crippen LogP contribution in [0.2, 0.25) is 0 Å². The van der Waals surface area contributed by atoms with Gasteiger partial charge in [0.25, 0.3) is 0 Å². The van der Waals surface area contributed by atoms with E-state index in [1.165, 1.54) is 11.3 Å². The lowest BCUT2D eigenvalue weighted by Crippen LogP contribution is -2.14. The summed E-state index contributed by atoms with van der Waals surface area (Å²) >= 11 is 0. The molecule has 4 heteroatoms. The molecule has 0 unspecified atom stereocenters. The quantitative estimate of drug-likeness (QED) is 0.879. The van der Waals surface area contributed by atoms with Gasteiger partial charge in [-0.05, 0) is 24.6 Å². The lowest BCUT2D eigenvalue weighted by molar-refractivity contribution is 0.411. The van der Waals surface area contributed by atoms with Gasteiger partial charge in [0.15, 0.2) is 0 Å². The number of aromatic nitrogens is 2. The van der Waals surface area contributed by atoms with E-state index in [0.717, 1.165) is 24.5 Å². The number of methoxy groups -OCH3 is 1. The molecule has 0 saturated heterocycles. The summed E-state index contributed by atoms with van der Waals surface area (Å²) in [5, 5.41) is 7.93. The van der Waals surface area contributed by atoms with Gasteiger partial charge in [0.05, 0.1) is 19.0 Å². The Morgan fingerprint density at radius 3 is 2.70 bits per heavy atom. The molecule has 20 heavy (non-hydrogen) atoms. The highest BCUT2D eigenvalue weighted by Crippen LogP contribution is 2.28. The lowest BCUT2D eigenvalue weighted by atomic mass is 10.1. The Bertz CT molecular complexity index is 561. The van der Waals surface area contributed by atoms with Crippen molar-refractivity contribution in [3.05, 3.63) is 41.7 Å². The van der Waals surface area contributed by atoms with Gasteiger partial charge in [0.1, 0.15) is 11.4 Å². The molecule has 0 aliphatic carbocycles. The Morgan fingerprint density at radius 2 is 2.05 bits per heavy atom. The Balaban J connectivity index is 2.48. The number of benzene rings is 1. The molecule has 108 valence electrons. The van der Waals surface area contributed by atoms with Crippen molar-refractivity contribution < 1.29 is 4.74 Å². The molecule has 1 aromatic carbocycles. The van der Waals surface area contributed by atoms with Crippen LogP contribution in [0.1, 0.15) is 37.9 Å². The minimum atomic E-state index is 0.399. The van der Waals surface area contributed by atoms with Crippen LogP contribution in [0, 0.1) is 0 Å². The van der Waals surface area contributed by atoms with E-state index in [4.69, 9.17) is 4.74 Å². The first-order chi connectivity index (χ1) is 9.69. The SMILES string of the molecule is CCNCc1cnn(-c2ccccc2OC)c1C(C)C. The second-order valence-electron chi connectivity index (χ2n) is 5.07. The molecule has 0 fully saturated rings. The summed E-state index contributed by atoms with van der Waals surface area (Å²) in [6.45, 7) is 8.30. The van der Waals surface area contributed by atoms with Gasteiger partial charge in [0, 0.05) is 12.1 Å². The van der Waals surface area contributed by atoms with Crippen LogP contribution in [0.4, 0.5) is 0 Å². The third-order valence-electron chi connectivity index (χ3n) is 3.31. The van der Waals surface area contributed by atoms with Crippen molar-refractivity contribution >= 4 is 0 Å². The summed E-state index contributed by atoms with van der Waals surface area (Å²) < 4.78 is 7.44. The predicted octanol–water partition coefficient (Wildman–Crippen LogP) is 3.11. The maximum atomic E-state index is 5.45. The van der Waals surface area contributed by atoms with Crippen molar-refractivity contribution in [3.8, 4) is 11.4 Å². The van der Waals surface area contributed by atoms with Gasteiger partial charge < -0.3 is 10.1 Å². The summed E-state index contributed by atoms with van der Waals surface area (Å²) in [5.74, 6) is 1.24. The molecule has 2 rings (SSSR count). The maximum Gasteiger partial charge on any atom is 0.144 e. The van der Waals surface area contributed by atoms with Crippen LogP contribution in [0.15, 0.2) is 30.5 Å². The molecule has 0 bridgehead atoms. The Labute approximate surface area is 120 Å². The zero-order valence-corrected chi connectivity index (χ0v) is 12.7. The Morgan fingerprint density at radius 1 is 1.30 bits per heavy atom. The van der Waals surface area contributed by atoms with E-state index in [-0.39, 0.29) is 0 Å². The topological polar surface area (TPSA) is 39.1 Å². The highest BCUT2D eigenvalue weighted by molar-refractivity contribution is 5.48. The number of nitrogens with one attached hydrogen (secondary N) is 1. The first-order valence-electron chi connectivity index (χ1n) is 7.09. The molecule has 1 heterocycles. The largest absolute Gasteiger partial charge is 0.494 e. The second kappa shape index (κ2) is 6.57.